The molecule has 0 aliphatic heterocycles. The summed E-state index contributed by atoms with van der Waals surface area (Å²) in [4.78, 5) is 26.1. The number of aryl methyl sites for hydroxylation is 1. The summed E-state index contributed by atoms with van der Waals surface area (Å²) in [7, 11) is 0. The number of H-pyrrole nitrogens is 1. The van der Waals surface area contributed by atoms with Crippen LogP contribution in [0.15, 0.2) is 42.6 Å². The third-order valence-corrected chi connectivity index (χ3v) is 2.67. The average Bonchev–Trinajstić information content (AvgIpc) is 2.92. The molecule has 4 heteroatoms. The van der Waals surface area contributed by atoms with Gasteiger partial charge in [-0.2, -0.15) is 0 Å². The molecule has 0 spiro atoms. The summed E-state index contributed by atoms with van der Waals surface area (Å²) in [5.74, 6) is -1.21. The van der Waals surface area contributed by atoms with Gasteiger partial charge in [-0.05, 0) is 36.2 Å². The molecule has 2 aromatic rings. The summed E-state index contributed by atoms with van der Waals surface area (Å²) >= 11 is 0. The highest BCUT2D eigenvalue weighted by molar-refractivity contribution is 6.46. The van der Waals surface area contributed by atoms with Gasteiger partial charge in [-0.25, -0.2) is 0 Å². The zero-order valence-electron chi connectivity index (χ0n) is 10.1. The van der Waals surface area contributed by atoms with E-state index in [1.807, 2.05) is 12.1 Å². The number of ketones is 1. The van der Waals surface area contributed by atoms with Crippen LogP contribution in [-0.4, -0.2) is 16.7 Å². The van der Waals surface area contributed by atoms with Gasteiger partial charge in [-0.1, -0.05) is 19.1 Å². The second kappa shape index (κ2) is 5.31. The number of anilines is 1. The Hall–Kier alpha value is -2.36. The van der Waals surface area contributed by atoms with Crippen LogP contribution in [0.1, 0.15) is 23.0 Å². The van der Waals surface area contributed by atoms with Gasteiger partial charge >= 0.3 is 0 Å². The number of amides is 1. The number of hydrogen-bond donors (Lipinski definition) is 2. The molecule has 0 aliphatic rings. The highest BCUT2D eigenvalue weighted by atomic mass is 16.2. The molecule has 4 nitrogen and oxygen atoms in total. The molecule has 1 aromatic heterocycles. The molecule has 0 aliphatic carbocycles. The number of nitrogens with one attached hydrogen (secondary N) is 2. The maximum atomic E-state index is 11.7. The van der Waals surface area contributed by atoms with Crippen LogP contribution < -0.4 is 5.32 Å². The molecule has 2 rings (SSSR count). The van der Waals surface area contributed by atoms with Gasteiger partial charge in [0.2, 0.25) is 0 Å². The number of hydrogen-bond acceptors (Lipinski definition) is 2. The van der Waals surface area contributed by atoms with Crippen LogP contribution in [0.5, 0.6) is 0 Å². The number of aromatic amines is 1. The Morgan fingerprint density at radius 2 is 1.89 bits per heavy atom. The summed E-state index contributed by atoms with van der Waals surface area (Å²) in [6.07, 6.45) is 2.55. The summed E-state index contributed by atoms with van der Waals surface area (Å²) in [5, 5.41) is 2.57. The molecule has 0 fully saturated rings. The average molecular weight is 242 g/mol. The molecular formula is C14H14N2O2. The van der Waals surface area contributed by atoms with Crippen molar-refractivity contribution in [2.75, 3.05) is 5.32 Å². The van der Waals surface area contributed by atoms with Crippen molar-refractivity contribution in [3.63, 3.8) is 0 Å². The Kier molecular flexibility index (Phi) is 3.57. The Bertz CT molecular complexity index is 542. The minimum atomic E-state index is -0.637. The minimum absolute atomic E-state index is 0.290. The van der Waals surface area contributed by atoms with Crippen LogP contribution in [-0.2, 0) is 11.2 Å². The molecule has 1 heterocycles. The molecule has 1 amide bonds. The third-order valence-electron chi connectivity index (χ3n) is 2.67. The van der Waals surface area contributed by atoms with E-state index >= 15 is 0 Å². The van der Waals surface area contributed by atoms with Gasteiger partial charge in [0.15, 0.2) is 0 Å². The first-order chi connectivity index (χ1) is 8.70. The van der Waals surface area contributed by atoms with Gasteiger partial charge in [0.1, 0.15) is 0 Å². The minimum Gasteiger partial charge on any atom is -0.358 e. The molecule has 0 radical (unpaired) electrons. The molecule has 18 heavy (non-hydrogen) atoms. The van der Waals surface area contributed by atoms with Gasteiger partial charge < -0.3 is 10.3 Å². The fourth-order valence-electron chi connectivity index (χ4n) is 1.61. The SMILES string of the molecule is CCc1ccc(NC(=O)C(=O)c2ccc[nH]2)cc1. The Balaban J connectivity index is 2.04. The predicted octanol–water partition coefficient (Wildman–Crippen LogP) is 2.40. The molecule has 0 saturated carbocycles. The van der Waals surface area contributed by atoms with Gasteiger partial charge in [0.25, 0.3) is 11.7 Å². The van der Waals surface area contributed by atoms with E-state index in [0.29, 0.717) is 5.69 Å². The van der Waals surface area contributed by atoms with Crippen molar-refractivity contribution in [1.82, 2.24) is 4.98 Å². The summed E-state index contributed by atoms with van der Waals surface area (Å²) < 4.78 is 0. The van der Waals surface area contributed by atoms with E-state index in [1.54, 1.807) is 30.5 Å². The maximum Gasteiger partial charge on any atom is 0.298 e. The summed E-state index contributed by atoms with van der Waals surface area (Å²) in [5.41, 5.74) is 2.10. The largest absolute Gasteiger partial charge is 0.358 e. The normalized spacial score (nSPS) is 10.1. The molecule has 0 bridgehead atoms. The van der Waals surface area contributed by atoms with Crippen molar-refractivity contribution >= 4 is 17.4 Å². The zero-order valence-corrected chi connectivity index (χ0v) is 10.1. The number of Topliss-reactive ketones (excluding diaryl/α,β-unsaturated/α-hetero) is 1. The van der Waals surface area contributed by atoms with E-state index < -0.39 is 11.7 Å². The first-order valence-corrected chi connectivity index (χ1v) is 5.78. The lowest BCUT2D eigenvalue weighted by atomic mass is 10.1. The van der Waals surface area contributed by atoms with Crippen molar-refractivity contribution in [2.24, 2.45) is 0 Å². The fourth-order valence-corrected chi connectivity index (χ4v) is 1.61. The van der Waals surface area contributed by atoms with Crippen LogP contribution in [0.3, 0.4) is 0 Å². The number of carbonyl (C=O) groups excluding carboxylic acids is 2. The van der Waals surface area contributed by atoms with Gasteiger partial charge in [0.05, 0.1) is 5.69 Å². The second-order valence-corrected chi connectivity index (χ2v) is 3.92. The lowest BCUT2D eigenvalue weighted by Gasteiger charge is -2.04. The van der Waals surface area contributed by atoms with Crippen LogP contribution in [0, 0.1) is 0 Å². The lowest BCUT2D eigenvalue weighted by Crippen LogP contribution is -2.23. The number of benzene rings is 1. The van der Waals surface area contributed by atoms with Crippen molar-refractivity contribution in [3.8, 4) is 0 Å². The van der Waals surface area contributed by atoms with Crippen LogP contribution >= 0.6 is 0 Å². The number of rotatable bonds is 4. The van der Waals surface area contributed by atoms with E-state index in [0.717, 1.165) is 6.42 Å². The smallest absolute Gasteiger partial charge is 0.298 e. The van der Waals surface area contributed by atoms with Gasteiger partial charge in [0, 0.05) is 11.9 Å². The Labute approximate surface area is 105 Å². The highest BCUT2D eigenvalue weighted by Crippen LogP contribution is 2.10. The predicted molar refractivity (Wildman–Crippen MR) is 69.6 cm³/mol. The summed E-state index contributed by atoms with van der Waals surface area (Å²) in [6, 6.07) is 10.7. The van der Waals surface area contributed by atoms with Crippen LogP contribution in [0.25, 0.3) is 0 Å². The lowest BCUT2D eigenvalue weighted by molar-refractivity contribution is -0.112. The van der Waals surface area contributed by atoms with Crippen molar-refractivity contribution in [3.05, 3.63) is 53.9 Å². The number of carbonyl (C=O) groups is 2. The van der Waals surface area contributed by atoms with E-state index in [2.05, 4.69) is 17.2 Å². The van der Waals surface area contributed by atoms with E-state index in [4.69, 9.17) is 0 Å². The molecule has 1 aromatic carbocycles. The molecule has 2 N–H and O–H groups in total. The first-order valence-electron chi connectivity index (χ1n) is 5.78. The quantitative estimate of drug-likeness (QED) is 0.638. The first kappa shape index (κ1) is 12.1. The topological polar surface area (TPSA) is 62.0 Å². The van der Waals surface area contributed by atoms with E-state index in [-0.39, 0.29) is 5.69 Å². The molecule has 92 valence electrons. The van der Waals surface area contributed by atoms with E-state index in [1.165, 1.54) is 5.56 Å². The Morgan fingerprint density at radius 3 is 2.44 bits per heavy atom. The fraction of sp³-hybridized carbons (Fsp3) is 0.143. The monoisotopic (exact) mass is 242 g/mol. The third kappa shape index (κ3) is 2.66. The Morgan fingerprint density at radius 1 is 1.17 bits per heavy atom. The summed E-state index contributed by atoms with van der Waals surface area (Å²) in [6.45, 7) is 2.06. The van der Waals surface area contributed by atoms with Gasteiger partial charge in [-0.15, -0.1) is 0 Å². The second-order valence-electron chi connectivity index (χ2n) is 3.92. The standard InChI is InChI=1S/C14H14N2O2/c1-2-10-5-7-11(8-6-10)16-14(18)13(17)12-4-3-9-15-12/h3-9,15H,2H2,1H3,(H,16,18). The van der Waals surface area contributed by atoms with Crippen LogP contribution in [0.2, 0.25) is 0 Å². The number of aromatic nitrogens is 1. The maximum absolute atomic E-state index is 11.7. The zero-order chi connectivity index (χ0) is 13.0. The highest BCUT2D eigenvalue weighted by Gasteiger charge is 2.16. The molecule has 0 unspecified atom stereocenters. The molecule has 0 saturated heterocycles. The van der Waals surface area contributed by atoms with Crippen molar-refractivity contribution < 1.29 is 9.59 Å². The molecular weight excluding hydrogens is 228 g/mol. The van der Waals surface area contributed by atoms with Crippen molar-refractivity contribution in [2.45, 2.75) is 13.3 Å². The molecule has 0 atom stereocenters. The van der Waals surface area contributed by atoms with E-state index in [9.17, 15) is 9.59 Å². The van der Waals surface area contributed by atoms with Crippen molar-refractivity contribution in [1.29, 1.82) is 0 Å². The van der Waals surface area contributed by atoms with Gasteiger partial charge in [-0.3, -0.25) is 9.59 Å². The van der Waals surface area contributed by atoms with Crippen LogP contribution in [0.4, 0.5) is 5.69 Å².